The molecular weight excluding hydrogens is 202 g/mol. The fraction of sp³-hybridized carbons (Fsp3) is 0.455. The van der Waals surface area contributed by atoms with Crippen LogP contribution in [0.2, 0.25) is 0 Å². The second-order valence-electron chi connectivity index (χ2n) is 3.76. The van der Waals surface area contributed by atoms with Gasteiger partial charge in [0.05, 0.1) is 12.7 Å². The predicted octanol–water partition coefficient (Wildman–Crippen LogP) is 2.61. The molecule has 0 heterocycles. The molecule has 0 amide bonds. The summed E-state index contributed by atoms with van der Waals surface area (Å²) in [4.78, 5) is 0. The molecule has 1 saturated carbocycles. The molecule has 0 aromatic heterocycles. The van der Waals surface area contributed by atoms with E-state index in [-0.39, 0.29) is 11.1 Å². The Labute approximate surface area is 86.5 Å². The molecule has 0 radical (unpaired) electrons. The van der Waals surface area contributed by atoms with Crippen molar-refractivity contribution in [2.24, 2.45) is 0 Å². The molecule has 0 atom stereocenters. The lowest BCUT2D eigenvalue weighted by atomic mass is 9.99. The van der Waals surface area contributed by atoms with Crippen LogP contribution >= 0.6 is 0 Å². The average Bonchev–Trinajstić information content (AvgIpc) is 2.96. The minimum Gasteiger partial charge on any atom is -0.496 e. The first kappa shape index (κ1) is 10.4. The molecule has 1 aromatic carbocycles. The highest BCUT2D eigenvalue weighted by atomic mass is 19.3. The summed E-state index contributed by atoms with van der Waals surface area (Å²) in [6, 6.07) is 4.44. The lowest BCUT2D eigenvalue weighted by molar-refractivity contribution is 0.122. The number of aliphatic hydroxyl groups is 1. The number of alkyl halides is 2. The molecule has 1 fully saturated rings. The van der Waals surface area contributed by atoms with Crippen LogP contribution in [0.4, 0.5) is 8.78 Å². The van der Waals surface area contributed by atoms with E-state index in [0.717, 1.165) is 0 Å². The van der Waals surface area contributed by atoms with Gasteiger partial charge in [0.1, 0.15) is 5.75 Å². The van der Waals surface area contributed by atoms with Crippen molar-refractivity contribution in [3.63, 3.8) is 0 Å². The van der Waals surface area contributed by atoms with Crippen LogP contribution in [0, 0.1) is 0 Å². The average molecular weight is 214 g/mol. The van der Waals surface area contributed by atoms with E-state index in [9.17, 15) is 13.9 Å². The van der Waals surface area contributed by atoms with E-state index in [0.29, 0.717) is 18.6 Å². The van der Waals surface area contributed by atoms with Crippen LogP contribution in [0.15, 0.2) is 18.2 Å². The fourth-order valence-corrected chi connectivity index (χ4v) is 1.77. The zero-order valence-electron chi connectivity index (χ0n) is 8.34. The number of ether oxygens (including phenoxy) is 1. The van der Waals surface area contributed by atoms with Gasteiger partial charge < -0.3 is 9.84 Å². The SMILES string of the molecule is COc1cccc(C(F)F)c1C1(O)CC1. The molecule has 1 N–H and O–H groups in total. The lowest BCUT2D eigenvalue weighted by Gasteiger charge is -2.17. The Balaban J connectivity index is 2.55. The molecule has 1 aliphatic rings. The Kier molecular flexibility index (Phi) is 2.38. The van der Waals surface area contributed by atoms with Gasteiger partial charge >= 0.3 is 0 Å². The van der Waals surface area contributed by atoms with E-state index >= 15 is 0 Å². The zero-order valence-corrected chi connectivity index (χ0v) is 8.34. The number of rotatable bonds is 3. The Morgan fingerprint density at radius 2 is 2.07 bits per heavy atom. The first-order valence-corrected chi connectivity index (χ1v) is 4.76. The van der Waals surface area contributed by atoms with Gasteiger partial charge in [0.15, 0.2) is 0 Å². The summed E-state index contributed by atoms with van der Waals surface area (Å²) < 4.78 is 30.5. The molecule has 2 nitrogen and oxygen atoms in total. The summed E-state index contributed by atoms with van der Waals surface area (Å²) in [7, 11) is 1.42. The minimum absolute atomic E-state index is 0.130. The molecule has 82 valence electrons. The van der Waals surface area contributed by atoms with E-state index in [1.165, 1.54) is 19.2 Å². The summed E-state index contributed by atoms with van der Waals surface area (Å²) in [6.45, 7) is 0. The first-order chi connectivity index (χ1) is 7.08. The molecule has 0 saturated heterocycles. The topological polar surface area (TPSA) is 29.5 Å². The van der Waals surface area contributed by atoms with E-state index in [1.807, 2.05) is 0 Å². The van der Waals surface area contributed by atoms with Crippen molar-refractivity contribution in [1.29, 1.82) is 0 Å². The van der Waals surface area contributed by atoms with Crippen molar-refractivity contribution in [2.45, 2.75) is 24.9 Å². The highest BCUT2D eigenvalue weighted by Crippen LogP contribution is 2.51. The van der Waals surface area contributed by atoms with Gasteiger partial charge in [-0.05, 0) is 18.9 Å². The molecule has 4 heteroatoms. The van der Waals surface area contributed by atoms with Crippen LogP contribution in [0.3, 0.4) is 0 Å². The molecule has 0 unspecified atom stereocenters. The van der Waals surface area contributed by atoms with Gasteiger partial charge in [-0.3, -0.25) is 0 Å². The standard InChI is InChI=1S/C11H12F2O2/c1-15-8-4-2-3-7(10(12)13)9(8)11(14)5-6-11/h2-4,10,14H,5-6H2,1H3. The van der Waals surface area contributed by atoms with Gasteiger partial charge in [0.2, 0.25) is 0 Å². The van der Waals surface area contributed by atoms with Gasteiger partial charge in [-0.2, -0.15) is 0 Å². The van der Waals surface area contributed by atoms with Gasteiger partial charge in [0.25, 0.3) is 6.43 Å². The third-order valence-electron chi connectivity index (χ3n) is 2.70. The zero-order chi connectivity index (χ0) is 11.1. The Hall–Kier alpha value is -1.16. The third-order valence-corrected chi connectivity index (χ3v) is 2.70. The molecule has 15 heavy (non-hydrogen) atoms. The van der Waals surface area contributed by atoms with Crippen molar-refractivity contribution < 1.29 is 18.6 Å². The maximum absolute atomic E-state index is 12.7. The lowest BCUT2D eigenvalue weighted by Crippen LogP contribution is -2.11. The Morgan fingerprint density at radius 1 is 1.40 bits per heavy atom. The Morgan fingerprint density at radius 3 is 2.53 bits per heavy atom. The molecule has 2 rings (SSSR count). The Bertz CT molecular complexity index is 373. The maximum atomic E-state index is 12.7. The van der Waals surface area contributed by atoms with E-state index in [1.54, 1.807) is 6.07 Å². The first-order valence-electron chi connectivity index (χ1n) is 4.76. The third kappa shape index (κ3) is 1.69. The van der Waals surface area contributed by atoms with Crippen LogP contribution in [0.1, 0.15) is 30.4 Å². The summed E-state index contributed by atoms with van der Waals surface area (Å²) in [6.07, 6.45) is -1.54. The van der Waals surface area contributed by atoms with Crippen molar-refractivity contribution in [2.75, 3.05) is 7.11 Å². The molecular formula is C11H12F2O2. The second kappa shape index (κ2) is 3.45. The molecule has 1 aliphatic carbocycles. The number of hydrogen-bond acceptors (Lipinski definition) is 2. The van der Waals surface area contributed by atoms with E-state index in [4.69, 9.17) is 4.74 Å². The predicted molar refractivity (Wildman–Crippen MR) is 51.1 cm³/mol. The molecule has 0 aliphatic heterocycles. The van der Waals surface area contributed by atoms with Crippen LogP contribution in [-0.4, -0.2) is 12.2 Å². The molecule has 0 bridgehead atoms. The maximum Gasteiger partial charge on any atom is 0.264 e. The highest BCUT2D eigenvalue weighted by molar-refractivity contribution is 5.47. The minimum atomic E-state index is -2.58. The number of methoxy groups -OCH3 is 1. The number of benzene rings is 1. The highest BCUT2D eigenvalue weighted by Gasteiger charge is 2.46. The van der Waals surface area contributed by atoms with Crippen molar-refractivity contribution >= 4 is 0 Å². The van der Waals surface area contributed by atoms with Crippen LogP contribution in [-0.2, 0) is 5.60 Å². The van der Waals surface area contributed by atoms with Gasteiger partial charge in [-0.15, -0.1) is 0 Å². The summed E-state index contributed by atoms with van der Waals surface area (Å²) >= 11 is 0. The van der Waals surface area contributed by atoms with Crippen molar-refractivity contribution in [3.05, 3.63) is 29.3 Å². The van der Waals surface area contributed by atoms with Crippen LogP contribution < -0.4 is 4.74 Å². The second-order valence-corrected chi connectivity index (χ2v) is 3.76. The van der Waals surface area contributed by atoms with Gasteiger partial charge in [-0.1, -0.05) is 12.1 Å². The van der Waals surface area contributed by atoms with E-state index < -0.39 is 12.0 Å². The molecule has 0 spiro atoms. The van der Waals surface area contributed by atoms with Crippen LogP contribution in [0.5, 0.6) is 5.75 Å². The largest absolute Gasteiger partial charge is 0.496 e. The van der Waals surface area contributed by atoms with E-state index in [2.05, 4.69) is 0 Å². The molecule has 1 aromatic rings. The smallest absolute Gasteiger partial charge is 0.264 e. The fourth-order valence-electron chi connectivity index (χ4n) is 1.77. The quantitative estimate of drug-likeness (QED) is 0.838. The number of hydrogen-bond donors (Lipinski definition) is 1. The van der Waals surface area contributed by atoms with Crippen molar-refractivity contribution in [1.82, 2.24) is 0 Å². The normalized spacial score (nSPS) is 17.9. The van der Waals surface area contributed by atoms with Crippen LogP contribution in [0.25, 0.3) is 0 Å². The summed E-state index contributed by atoms with van der Waals surface area (Å²) in [5.74, 6) is 0.341. The monoisotopic (exact) mass is 214 g/mol. The number of halogens is 2. The van der Waals surface area contributed by atoms with Crippen molar-refractivity contribution in [3.8, 4) is 5.75 Å². The summed E-state index contributed by atoms with van der Waals surface area (Å²) in [5, 5.41) is 9.93. The summed E-state index contributed by atoms with van der Waals surface area (Å²) in [5.41, 5.74) is -0.977. The van der Waals surface area contributed by atoms with Gasteiger partial charge in [0, 0.05) is 11.1 Å². The van der Waals surface area contributed by atoms with Gasteiger partial charge in [-0.25, -0.2) is 8.78 Å².